The minimum absolute atomic E-state index is 0.0187. The Morgan fingerprint density at radius 1 is 1.16 bits per heavy atom. The quantitative estimate of drug-likeness (QED) is 0.618. The smallest absolute Gasteiger partial charge is 0.273 e. The van der Waals surface area contributed by atoms with Gasteiger partial charge in [0.05, 0.1) is 16.4 Å². The van der Waals surface area contributed by atoms with Gasteiger partial charge in [-0.1, -0.05) is 29.8 Å². The molecule has 1 aliphatic heterocycles. The molecule has 0 bridgehead atoms. The van der Waals surface area contributed by atoms with E-state index in [-0.39, 0.29) is 18.0 Å². The van der Waals surface area contributed by atoms with Crippen molar-refractivity contribution in [3.8, 4) is 0 Å². The number of nitrogens with zero attached hydrogens (tertiary/aromatic N) is 4. The molecule has 0 aliphatic carbocycles. The number of halogens is 1. The van der Waals surface area contributed by atoms with Gasteiger partial charge in [-0.05, 0) is 12.1 Å². The van der Waals surface area contributed by atoms with E-state index in [9.17, 15) is 14.9 Å². The largest absolute Gasteiger partial charge is 0.352 e. The molecule has 7 nitrogen and oxygen atoms in total. The van der Waals surface area contributed by atoms with Crippen LogP contribution in [0.2, 0.25) is 5.02 Å². The van der Waals surface area contributed by atoms with Crippen molar-refractivity contribution in [1.82, 2.24) is 9.88 Å². The van der Waals surface area contributed by atoms with Crippen LogP contribution in [0.25, 0.3) is 0 Å². The number of aromatic nitrogens is 1. The molecule has 0 spiro atoms. The molecule has 130 valence electrons. The highest BCUT2D eigenvalue weighted by atomic mass is 35.5. The van der Waals surface area contributed by atoms with Crippen LogP contribution in [0.3, 0.4) is 0 Å². The molecule has 1 aromatic heterocycles. The average Bonchev–Trinajstić information content (AvgIpc) is 2.62. The Hall–Kier alpha value is -2.67. The van der Waals surface area contributed by atoms with Crippen LogP contribution in [0, 0.1) is 10.1 Å². The van der Waals surface area contributed by atoms with E-state index in [0.717, 1.165) is 5.82 Å². The van der Waals surface area contributed by atoms with Gasteiger partial charge in [0.15, 0.2) is 0 Å². The molecule has 1 aromatic carbocycles. The minimum Gasteiger partial charge on any atom is -0.352 e. The van der Waals surface area contributed by atoms with Gasteiger partial charge < -0.3 is 9.80 Å². The van der Waals surface area contributed by atoms with Crippen LogP contribution < -0.4 is 4.90 Å². The number of rotatable bonds is 4. The van der Waals surface area contributed by atoms with Crippen LogP contribution in [0.5, 0.6) is 0 Å². The fourth-order valence-electron chi connectivity index (χ4n) is 2.89. The zero-order chi connectivity index (χ0) is 17.8. The standard InChI is InChI=1S/C17H17ClN4O3/c18-14-5-3-7-19-17(14)21-10-8-20(9-11-21)16(23)12-13-4-1-2-6-15(13)22(24)25/h1-7H,8-12H2. The van der Waals surface area contributed by atoms with Crippen LogP contribution in [0.1, 0.15) is 5.56 Å². The number of nitro groups is 1. The van der Waals surface area contributed by atoms with Crippen molar-refractivity contribution in [3.05, 3.63) is 63.3 Å². The van der Waals surface area contributed by atoms with Gasteiger partial charge in [0.25, 0.3) is 5.69 Å². The number of carbonyl (C=O) groups excluding carboxylic acids is 1. The lowest BCUT2D eigenvalue weighted by Crippen LogP contribution is -2.49. The second-order valence-corrected chi connectivity index (χ2v) is 6.15. The van der Waals surface area contributed by atoms with Gasteiger partial charge in [-0.15, -0.1) is 0 Å². The molecule has 25 heavy (non-hydrogen) atoms. The molecule has 0 atom stereocenters. The van der Waals surface area contributed by atoms with E-state index in [1.165, 1.54) is 6.07 Å². The van der Waals surface area contributed by atoms with Gasteiger partial charge in [-0.2, -0.15) is 0 Å². The maximum Gasteiger partial charge on any atom is 0.273 e. The Bertz CT molecular complexity index is 791. The fourth-order valence-corrected chi connectivity index (χ4v) is 3.13. The highest BCUT2D eigenvalue weighted by Crippen LogP contribution is 2.24. The Morgan fingerprint density at radius 2 is 1.88 bits per heavy atom. The molecule has 0 unspecified atom stereocenters. The molecule has 1 saturated heterocycles. The van der Waals surface area contributed by atoms with Crippen molar-refractivity contribution in [3.63, 3.8) is 0 Å². The number of amides is 1. The van der Waals surface area contributed by atoms with Crippen LogP contribution in [0.4, 0.5) is 11.5 Å². The average molecular weight is 361 g/mol. The summed E-state index contributed by atoms with van der Waals surface area (Å²) in [6.07, 6.45) is 1.72. The van der Waals surface area contributed by atoms with E-state index in [1.54, 1.807) is 41.4 Å². The Labute approximate surface area is 150 Å². The normalized spacial score (nSPS) is 14.4. The number of nitro benzene ring substituents is 1. The first-order valence-corrected chi connectivity index (χ1v) is 8.29. The number of pyridine rings is 1. The number of piperazine rings is 1. The van der Waals surface area contributed by atoms with E-state index >= 15 is 0 Å². The minimum atomic E-state index is -0.455. The van der Waals surface area contributed by atoms with Crippen LogP contribution in [0.15, 0.2) is 42.6 Å². The molecule has 3 rings (SSSR count). The van der Waals surface area contributed by atoms with Crippen LogP contribution in [-0.2, 0) is 11.2 Å². The highest BCUT2D eigenvalue weighted by molar-refractivity contribution is 6.32. The van der Waals surface area contributed by atoms with Gasteiger partial charge in [0.2, 0.25) is 5.91 Å². The highest BCUT2D eigenvalue weighted by Gasteiger charge is 2.24. The predicted molar refractivity (Wildman–Crippen MR) is 94.8 cm³/mol. The molecule has 1 fully saturated rings. The Morgan fingerprint density at radius 3 is 2.56 bits per heavy atom. The van der Waals surface area contributed by atoms with Crippen molar-refractivity contribution < 1.29 is 9.72 Å². The van der Waals surface area contributed by atoms with E-state index in [4.69, 9.17) is 11.6 Å². The van der Waals surface area contributed by atoms with Gasteiger partial charge in [-0.3, -0.25) is 14.9 Å². The molecule has 1 amide bonds. The number of benzene rings is 1. The molecule has 0 saturated carbocycles. The van der Waals surface area contributed by atoms with Crippen LogP contribution >= 0.6 is 11.6 Å². The van der Waals surface area contributed by atoms with Crippen molar-refractivity contribution >= 4 is 29.0 Å². The molecule has 2 heterocycles. The third-order valence-electron chi connectivity index (χ3n) is 4.20. The number of hydrogen-bond donors (Lipinski definition) is 0. The molecule has 0 radical (unpaired) electrons. The Kier molecular flexibility index (Phi) is 5.14. The maximum atomic E-state index is 12.5. The first kappa shape index (κ1) is 17.2. The molecule has 1 aliphatic rings. The summed E-state index contributed by atoms with van der Waals surface area (Å²) in [5.41, 5.74) is 0.419. The van der Waals surface area contributed by atoms with Gasteiger partial charge in [-0.25, -0.2) is 4.98 Å². The second-order valence-electron chi connectivity index (χ2n) is 5.74. The molecular formula is C17H17ClN4O3. The lowest BCUT2D eigenvalue weighted by molar-refractivity contribution is -0.385. The van der Waals surface area contributed by atoms with Crippen molar-refractivity contribution in [2.75, 3.05) is 31.1 Å². The first-order valence-electron chi connectivity index (χ1n) is 7.92. The Balaban J connectivity index is 1.63. The zero-order valence-electron chi connectivity index (χ0n) is 13.5. The SMILES string of the molecule is O=C(Cc1ccccc1[N+](=O)[O-])N1CCN(c2ncccc2Cl)CC1. The van der Waals surface area contributed by atoms with Crippen molar-refractivity contribution in [2.24, 2.45) is 0 Å². The van der Waals surface area contributed by atoms with E-state index in [2.05, 4.69) is 4.98 Å². The zero-order valence-corrected chi connectivity index (χ0v) is 14.2. The van der Waals surface area contributed by atoms with Gasteiger partial charge in [0.1, 0.15) is 5.82 Å². The number of hydrogen-bond acceptors (Lipinski definition) is 5. The number of carbonyl (C=O) groups is 1. The van der Waals surface area contributed by atoms with E-state index in [1.807, 2.05) is 4.90 Å². The maximum absolute atomic E-state index is 12.5. The van der Waals surface area contributed by atoms with Gasteiger partial charge in [0, 0.05) is 44.0 Å². The third kappa shape index (κ3) is 3.88. The summed E-state index contributed by atoms with van der Waals surface area (Å²) in [5, 5.41) is 11.7. The molecular weight excluding hydrogens is 344 g/mol. The summed E-state index contributed by atoms with van der Waals surface area (Å²) in [4.78, 5) is 31.2. The van der Waals surface area contributed by atoms with Crippen molar-refractivity contribution in [1.29, 1.82) is 0 Å². The second kappa shape index (κ2) is 7.48. The number of anilines is 1. The summed E-state index contributed by atoms with van der Waals surface area (Å²) < 4.78 is 0. The first-order chi connectivity index (χ1) is 12.1. The van der Waals surface area contributed by atoms with E-state index in [0.29, 0.717) is 36.8 Å². The summed E-state index contributed by atoms with van der Waals surface area (Å²) in [5.74, 6) is 0.607. The fraction of sp³-hybridized carbons (Fsp3) is 0.294. The van der Waals surface area contributed by atoms with Crippen molar-refractivity contribution in [2.45, 2.75) is 6.42 Å². The predicted octanol–water partition coefficient (Wildman–Crippen LogP) is 2.53. The van der Waals surface area contributed by atoms with Crippen LogP contribution in [-0.4, -0.2) is 46.9 Å². The molecule has 2 aromatic rings. The summed E-state index contributed by atoms with van der Waals surface area (Å²) >= 11 is 6.16. The summed E-state index contributed by atoms with van der Waals surface area (Å²) in [7, 11) is 0. The topological polar surface area (TPSA) is 79.6 Å². The van der Waals surface area contributed by atoms with E-state index < -0.39 is 4.92 Å². The summed E-state index contributed by atoms with van der Waals surface area (Å²) in [6.45, 7) is 2.32. The lowest BCUT2D eigenvalue weighted by atomic mass is 10.1. The third-order valence-corrected chi connectivity index (χ3v) is 4.50. The lowest BCUT2D eigenvalue weighted by Gasteiger charge is -2.35. The molecule has 0 N–H and O–H groups in total. The summed E-state index contributed by atoms with van der Waals surface area (Å²) in [6, 6.07) is 9.91. The molecule has 8 heteroatoms. The van der Waals surface area contributed by atoms with Gasteiger partial charge >= 0.3 is 0 Å². The monoisotopic (exact) mass is 360 g/mol. The number of para-hydroxylation sites is 1.